The van der Waals surface area contributed by atoms with Gasteiger partial charge in [0.1, 0.15) is 22.7 Å². The number of nitrogens with one attached hydrogen (secondary N) is 1. The van der Waals surface area contributed by atoms with Crippen LogP contribution in [0.3, 0.4) is 0 Å². The van der Waals surface area contributed by atoms with E-state index in [0.717, 1.165) is 0 Å². The molecule has 2 aromatic heterocycles. The quantitative estimate of drug-likeness (QED) is 0.739. The fourth-order valence-corrected chi connectivity index (χ4v) is 2.83. The first-order valence-electron chi connectivity index (χ1n) is 8.04. The third-order valence-electron chi connectivity index (χ3n) is 4.05. The number of benzene rings is 1. The number of esters is 1. The highest BCUT2D eigenvalue weighted by Gasteiger charge is 2.22. The van der Waals surface area contributed by atoms with E-state index in [-0.39, 0.29) is 29.2 Å². The van der Waals surface area contributed by atoms with Gasteiger partial charge in [0, 0.05) is 17.5 Å². The molecule has 2 heterocycles. The Morgan fingerprint density at radius 2 is 1.96 bits per heavy atom. The Kier molecular flexibility index (Phi) is 4.39. The predicted octanol–water partition coefficient (Wildman–Crippen LogP) is 3.04. The van der Waals surface area contributed by atoms with Crippen molar-refractivity contribution < 1.29 is 13.9 Å². The van der Waals surface area contributed by atoms with Gasteiger partial charge in [0.15, 0.2) is 0 Å². The highest BCUT2D eigenvalue weighted by atomic mass is 19.1. The lowest BCUT2D eigenvalue weighted by Gasteiger charge is -2.08. The van der Waals surface area contributed by atoms with Crippen LogP contribution in [0.25, 0.3) is 22.2 Å². The van der Waals surface area contributed by atoms with Crippen LogP contribution in [0.15, 0.2) is 29.1 Å². The first kappa shape index (κ1) is 16.9. The maximum absolute atomic E-state index is 13.3. The van der Waals surface area contributed by atoms with Gasteiger partial charge < -0.3 is 9.72 Å². The van der Waals surface area contributed by atoms with Gasteiger partial charge in [-0.2, -0.15) is 5.10 Å². The molecule has 3 rings (SSSR count). The number of halogens is 1. The van der Waals surface area contributed by atoms with Crippen LogP contribution in [0.1, 0.15) is 29.9 Å². The average Bonchev–Trinajstić information content (AvgIpc) is 2.95. The number of rotatable bonds is 4. The standard InChI is InChI=1S/C18H18FN3O3/c1-4-22-17(23)16-13(10(3)14(20-16)18(24)25-5-2)15(21-22)11-6-8-12(19)9-7-11/h6-9,20H,4-5H2,1-3H3. The fourth-order valence-electron chi connectivity index (χ4n) is 2.83. The van der Waals surface area contributed by atoms with E-state index >= 15 is 0 Å². The minimum atomic E-state index is -0.524. The number of carbonyl (C=O) groups is 1. The van der Waals surface area contributed by atoms with Crippen LogP contribution >= 0.6 is 0 Å². The van der Waals surface area contributed by atoms with Crippen molar-refractivity contribution in [3.8, 4) is 11.3 Å². The Morgan fingerprint density at radius 3 is 2.56 bits per heavy atom. The monoisotopic (exact) mass is 343 g/mol. The van der Waals surface area contributed by atoms with Gasteiger partial charge in [0.25, 0.3) is 5.56 Å². The van der Waals surface area contributed by atoms with Crippen LogP contribution in [-0.4, -0.2) is 27.3 Å². The number of hydrogen-bond donors (Lipinski definition) is 1. The molecule has 25 heavy (non-hydrogen) atoms. The van der Waals surface area contributed by atoms with E-state index in [0.29, 0.717) is 28.8 Å². The summed E-state index contributed by atoms with van der Waals surface area (Å²) in [5, 5.41) is 4.95. The molecule has 0 aliphatic carbocycles. The molecule has 1 N–H and O–H groups in total. The predicted molar refractivity (Wildman–Crippen MR) is 92.1 cm³/mol. The average molecular weight is 343 g/mol. The first-order valence-corrected chi connectivity index (χ1v) is 8.04. The van der Waals surface area contributed by atoms with Crippen LogP contribution in [0.2, 0.25) is 0 Å². The maximum Gasteiger partial charge on any atom is 0.355 e. The molecule has 1 aromatic carbocycles. The zero-order valence-electron chi connectivity index (χ0n) is 14.2. The van der Waals surface area contributed by atoms with Crippen molar-refractivity contribution in [1.29, 1.82) is 0 Å². The van der Waals surface area contributed by atoms with Gasteiger partial charge in [-0.3, -0.25) is 4.79 Å². The maximum atomic E-state index is 13.3. The number of hydrogen-bond acceptors (Lipinski definition) is 4. The van der Waals surface area contributed by atoms with E-state index in [1.807, 2.05) is 0 Å². The van der Waals surface area contributed by atoms with Crippen molar-refractivity contribution in [3.05, 3.63) is 51.7 Å². The SMILES string of the molecule is CCOC(=O)c1[nH]c2c(=O)n(CC)nc(-c3ccc(F)cc3)c2c1C. The van der Waals surface area contributed by atoms with Crippen LogP contribution in [0.5, 0.6) is 0 Å². The Bertz CT molecular complexity index is 1000. The van der Waals surface area contributed by atoms with Gasteiger partial charge in [-0.1, -0.05) is 0 Å². The highest BCUT2D eigenvalue weighted by molar-refractivity contribution is 6.02. The van der Waals surface area contributed by atoms with E-state index in [2.05, 4.69) is 10.1 Å². The Hall–Kier alpha value is -2.96. The van der Waals surface area contributed by atoms with Crippen molar-refractivity contribution in [2.75, 3.05) is 6.61 Å². The van der Waals surface area contributed by atoms with E-state index in [1.54, 1.807) is 32.9 Å². The van der Waals surface area contributed by atoms with Crippen LogP contribution < -0.4 is 5.56 Å². The van der Waals surface area contributed by atoms with Gasteiger partial charge in [-0.25, -0.2) is 13.9 Å². The summed E-state index contributed by atoms with van der Waals surface area (Å²) in [6.07, 6.45) is 0. The Balaban J connectivity index is 2.36. The summed E-state index contributed by atoms with van der Waals surface area (Å²) in [4.78, 5) is 27.7. The van der Waals surface area contributed by atoms with Gasteiger partial charge in [-0.15, -0.1) is 0 Å². The fraction of sp³-hybridized carbons (Fsp3) is 0.278. The molecule has 0 fully saturated rings. The molecule has 7 heteroatoms. The zero-order valence-corrected chi connectivity index (χ0v) is 14.2. The number of aromatic nitrogens is 3. The van der Waals surface area contributed by atoms with E-state index in [9.17, 15) is 14.0 Å². The lowest BCUT2D eigenvalue weighted by atomic mass is 10.0. The normalized spacial score (nSPS) is 11.0. The summed E-state index contributed by atoms with van der Waals surface area (Å²) >= 11 is 0. The number of aryl methyl sites for hydroxylation is 2. The molecule has 0 bridgehead atoms. The minimum absolute atomic E-state index is 0.230. The molecule has 0 aliphatic rings. The van der Waals surface area contributed by atoms with Crippen molar-refractivity contribution in [2.45, 2.75) is 27.3 Å². The van der Waals surface area contributed by atoms with E-state index < -0.39 is 5.97 Å². The third-order valence-corrected chi connectivity index (χ3v) is 4.05. The molecule has 0 radical (unpaired) electrons. The number of fused-ring (bicyclic) bond motifs is 1. The first-order chi connectivity index (χ1) is 12.0. The largest absolute Gasteiger partial charge is 0.461 e. The van der Waals surface area contributed by atoms with Crippen molar-refractivity contribution in [3.63, 3.8) is 0 Å². The van der Waals surface area contributed by atoms with Gasteiger partial charge >= 0.3 is 5.97 Å². The van der Waals surface area contributed by atoms with Crippen LogP contribution in [0, 0.1) is 12.7 Å². The smallest absolute Gasteiger partial charge is 0.355 e. The molecule has 0 saturated heterocycles. The van der Waals surface area contributed by atoms with Crippen molar-refractivity contribution in [2.24, 2.45) is 0 Å². The lowest BCUT2D eigenvalue weighted by Crippen LogP contribution is -2.23. The number of nitrogens with zero attached hydrogens (tertiary/aromatic N) is 2. The molecular formula is C18H18FN3O3. The topological polar surface area (TPSA) is 77.0 Å². The summed E-state index contributed by atoms with van der Waals surface area (Å²) in [5.74, 6) is -0.884. The third kappa shape index (κ3) is 2.82. The van der Waals surface area contributed by atoms with Crippen LogP contribution in [0.4, 0.5) is 4.39 Å². The summed E-state index contributed by atoms with van der Waals surface area (Å²) in [6.45, 7) is 5.85. The minimum Gasteiger partial charge on any atom is -0.461 e. The zero-order chi connectivity index (χ0) is 18.1. The molecule has 0 aliphatic heterocycles. The van der Waals surface area contributed by atoms with Gasteiger partial charge in [0.2, 0.25) is 0 Å². The second-order valence-corrected chi connectivity index (χ2v) is 5.57. The second-order valence-electron chi connectivity index (χ2n) is 5.57. The van der Waals surface area contributed by atoms with Crippen LogP contribution in [-0.2, 0) is 11.3 Å². The van der Waals surface area contributed by atoms with Gasteiger partial charge in [0.05, 0.1) is 6.61 Å². The molecule has 0 amide bonds. The number of aromatic amines is 1. The summed E-state index contributed by atoms with van der Waals surface area (Å²) in [6, 6.07) is 5.85. The summed E-state index contributed by atoms with van der Waals surface area (Å²) < 4.78 is 19.6. The van der Waals surface area contributed by atoms with Crippen molar-refractivity contribution >= 4 is 16.9 Å². The van der Waals surface area contributed by atoms with E-state index in [4.69, 9.17) is 4.74 Å². The molecule has 0 saturated carbocycles. The van der Waals surface area contributed by atoms with E-state index in [1.165, 1.54) is 16.8 Å². The number of H-pyrrole nitrogens is 1. The molecule has 130 valence electrons. The number of ether oxygens (including phenoxy) is 1. The molecule has 0 unspecified atom stereocenters. The number of carbonyl (C=O) groups excluding carboxylic acids is 1. The Labute approximate surface area is 143 Å². The highest BCUT2D eigenvalue weighted by Crippen LogP contribution is 2.29. The molecule has 3 aromatic rings. The molecule has 0 atom stereocenters. The summed E-state index contributed by atoms with van der Waals surface area (Å²) in [5.41, 5.74) is 1.96. The molecule has 0 spiro atoms. The molecular weight excluding hydrogens is 325 g/mol. The van der Waals surface area contributed by atoms with Crippen molar-refractivity contribution in [1.82, 2.24) is 14.8 Å². The Morgan fingerprint density at radius 1 is 1.28 bits per heavy atom. The van der Waals surface area contributed by atoms with Gasteiger partial charge in [-0.05, 0) is 50.6 Å². The lowest BCUT2D eigenvalue weighted by molar-refractivity contribution is 0.0519. The summed E-state index contributed by atoms with van der Waals surface area (Å²) in [7, 11) is 0. The second kappa shape index (κ2) is 6.51. The molecule has 6 nitrogen and oxygen atoms in total.